The molecule has 4 aliphatic rings. The largest absolute Gasteiger partial charge is 0.507 e. The molecule has 2 aromatic carbocycles. The quantitative estimate of drug-likeness (QED) is 0.363. The molecule has 4 fully saturated rings. The molecule has 0 saturated heterocycles. The van der Waals surface area contributed by atoms with Gasteiger partial charge < -0.3 is 5.11 Å². The molecule has 0 spiro atoms. The lowest BCUT2D eigenvalue weighted by Crippen LogP contribution is -2.48. The van der Waals surface area contributed by atoms with Crippen LogP contribution in [0.2, 0.25) is 0 Å². The summed E-state index contributed by atoms with van der Waals surface area (Å²) in [6, 6.07) is 16.3. The average molecular weight is 430 g/mol. The Morgan fingerprint density at radius 2 is 1.71 bits per heavy atom. The molecule has 0 unspecified atom stereocenters. The van der Waals surface area contributed by atoms with E-state index < -0.39 is 0 Å². The summed E-state index contributed by atoms with van der Waals surface area (Å²) in [5.74, 6) is 3.00. The second-order valence-electron chi connectivity index (χ2n) is 9.75. The number of nitrogens with zero attached hydrogens (tertiary/aromatic N) is 2. The molecule has 0 atom stereocenters. The number of hydrogen-bond acceptors (Lipinski definition) is 5. The topological polar surface area (TPSA) is 57.5 Å². The number of nitrogens with one attached hydrogen (secondary N) is 1. The summed E-state index contributed by atoms with van der Waals surface area (Å²) >= 11 is 1.53. The van der Waals surface area contributed by atoms with E-state index in [1.807, 2.05) is 29.6 Å². The van der Waals surface area contributed by atoms with Crippen LogP contribution in [0.25, 0.3) is 11.3 Å². The third-order valence-electron chi connectivity index (χ3n) is 7.62. The highest BCUT2D eigenvalue weighted by molar-refractivity contribution is 7.14. The third-order valence-corrected chi connectivity index (χ3v) is 8.36. The lowest BCUT2D eigenvalue weighted by molar-refractivity contribution is -0.00520. The second-order valence-corrected chi connectivity index (χ2v) is 10.6. The Kier molecular flexibility index (Phi) is 4.60. The van der Waals surface area contributed by atoms with Crippen molar-refractivity contribution < 1.29 is 5.11 Å². The van der Waals surface area contributed by atoms with Crippen LogP contribution in [0, 0.1) is 17.8 Å². The van der Waals surface area contributed by atoms with Gasteiger partial charge in [-0.3, -0.25) is 5.43 Å². The van der Waals surface area contributed by atoms with Gasteiger partial charge in [0.05, 0.1) is 11.9 Å². The fourth-order valence-corrected chi connectivity index (χ4v) is 7.34. The number of aromatic nitrogens is 1. The summed E-state index contributed by atoms with van der Waals surface area (Å²) in [6.07, 6.45) is 10.00. The van der Waals surface area contributed by atoms with Crippen molar-refractivity contribution in [2.75, 3.05) is 5.43 Å². The number of hydrogen-bond donors (Lipinski definition) is 2. The molecular formula is C26H27N3OS. The summed E-state index contributed by atoms with van der Waals surface area (Å²) in [7, 11) is 0. The third kappa shape index (κ3) is 3.55. The molecule has 158 valence electrons. The van der Waals surface area contributed by atoms with Gasteiger partial charge in [-0.2, -0.15) is 5.10 Å². The molecule has 0 radical (unpaired) electrons. The fraction of sp³-hybridized carbons (Fsp3) is 0.385. The number of phenolic OH excluding ortho intramolecular Hbond substituents is 1. The van der Waals surface area contributed by atoms with Crippen molar-refractivity contribution in [1.82, 2.24) is 4.98 Å². The summed E-state index contributed by atoms with van der Waals surface area (Å²) in [5, 5.41) is 17.6. The standard InChI is InChI=1S/C26H27N3OS/c30-24-7-6-22(26-12-17-8-18(13-26)10-19(9-17)14-26)11-21(24)15-27-29-25-28-23(16-31-25)20-4-2-1-3-5-20/h1-7,11,15-19,30H,8-10,12-14H2,(H,28,29). The Balaban J connectivity index is 1.20. The van der Waals surface area contributed by atoms with Gasteiger partial charge in [0, 0.05) is 16.5 Å². The van der Waals surface area contributed by atoms with Gasteiger partial charge >= 0.3 is 0 Å². The van der Waals surface area contributed by atoms with E-state index >= 15 is 0 Å². The Morgan fingerprint density at radius 1 is 1.00 bits per heavy atom. The smallest absolute Gasteiger partial charge is 0.203 e. The maximum absolute atomic E-state index is 10.4. The van der Waals surface area contributed by atoms with E-state index in [0.717, 1.165) is 39.7 Å². The maximum Gasteiger partial charge on any atom is 0.203 e. The number of rotatable bonds is 5. The Morgan fingerprint density at radius 3 is 2.42 bits per heavy atom. The minimum absolute atomic E-state index is 0.281. The number of phenols is 1. The highest BCUT2D eigenvalue weighted by atomic mass is 32.1. The minimum atomic E-state index is 0.281. The van der Waals surface area contributed by atoms with Gasteiger partial charge in [0.1, 0.15) is 5.75 Å². The molecule has 5 heteroatoms. The summed E-state index contributed by atoms with van der Waals surface area (Å²) < 4.78 is 0. The molecule has 7 rings (SSSR count). The Bertz CT molecular complexity index is 1090. The summed E-state index contributed by atoms with van der Waals surface area (Å²) in [4.78, 5) is 4.61. The van der Waals surface area contributed by atoms with Crippen LogP contribution in [0.15, 0.2) is 59.0 Å². The first kappa shape index (κ1) is 19.1. The van der Waals surface area contributed by atoms with Crippen LogP contribution >= 0.6 is 11.3 Å². The molecule has 0 aliphatic heterocycles. The van der Waals surface area contributed by atoms with Crippen LogP contribution < -0.4 is 5.43 Å². The van der Waals surface area contributed by atoms with Gasteiger partial charge in [-0.05, 0) is 79.4 Å². The van der Waals surface area contributed by atoms with Crippen molar-refractivity contribution in [2.45, 2.75) is 43.9 Å². The van der Waals surface area contributed by atoms with Crippen LogP contribution in [0.4, 0.5) is 5.13 Å². The summed E-state index contributed by atoms with van der Waals surface area (Å²) in [5.41, 5.74) is 7.56. The van der Waals surface area contributed by atoms with Crippen LogP contribution in [0.5, 0.6) is 5.75 Å². The SMILES string of the molecule is Oc1ccc(C23CC4CC(CC(C4)C2)C3)cc1C=NNc1nc(-c2ccccc2)cs1. The van der Waals surface area contributed by atoms with E-state index in [4.69, 9.17) is 0 Å². The van der Waals surface area contributed by atoms with Crippen molar-refractivity contribution in [3.05, 3.63) is 65.0 Å². The molecule has 4 aliphatic carbocycles. The van der Waals surface area contributed by atoms with Crippen LogP contribution in [-0.2, 0) is 5.41 Å². The van der Waals surface area contributed by atoms with Gasteiger partial charge in [-0.15, -0.1) is 11.3 Å². The van der Waals surface area contributed by atoms with E-state index in [1.54, 1.807) is 6.21 Å². The molecule has 1 heterocycles. The minimum Gasteiger partial charge on any atom is -0.507 e. The number of benzene rings is 2. The van der Waals surface area contributed by atoms with Crippen molar-refractivity contribution in [1.29, 1.82) is 0 Å². The zero-order valence-corrected chi connectivity index (χ0v) is 18.3. The van der Waals surface area contributed by atoms with E-state index in [0.29, 0.717) is 5.41 Å². The molecule has 31 heavy (non-hydrogen) atoms. The maximum atomic E-state index is 10.4. The monoisotopic (exact) mass is 429 g/mol. The van der Waals surface area contributed by atoms with Crippen LogP contribution in [0.3, 0.4) is 0 Å². The highest BCUT2D eigenvalue weighted by Crippen LogP contribution is 2.60. The molecule has 4 nitrogen and oxygen atoms in total. The van der Waals surface area contributed by atoms with E-state index in [2.05, 4.69) is 39.8 Å². The number of aromatic hydroxyl groups is 1. The molecule has 1 aromatic heterocycles. The fourth-order valence-electron chi connectivity index (χ4n) is 6.68. The molecule has 0 amide bonds. The van der Waals surface area contributed by atoms with Gasteiger partial charge in [0.15, 0.2) is 0 Å². The first-order valence-corrected chi connectivity index (χ1v) is 12.2. The van der Waals surface area contributed by atoms with Crippen molar-refractivity contribution in [3.8, 4) is 17.0 Å². The molecule has 4 saturated carbocycles. The van der Waals surface area contributed by atoms with Crippen molar-refractivity contribution in [2.24, 2.45) is 22.9 Å². The second kappa shape index (κ2) is 7.49. The highest BCUT2D eigenvalue weighted by Gasteiger charge is 2.51. The average Bonchev–Trinajstić information content (AvgIpc) is 3.24. The molecule has 2 N–H and O–H groups in total. The van der Waals surface area contributed by atoms with E-state index in [-0.39, 0.29) is 5.75 Å². The lowest BCUT2D eigenvalue weighted by atomic mass is 9.48. The zero-order valence-electron chi connectivity index (χ0n) is 17.5. The first-order chi connectivity index (χ1) is 15.2. The Labute approximate surface area is 187 Å². The van der Waals surface area contributed by atoms with Gasteiger partial charge in [0.25, 0.3) is 0 Å². The van der Waals surface area contributed by atoms with Crippen molar-refractivity contribution >= 4 is 22.7 Å². The Hall–Kier alpha value is -2.66. The number of hydrazone groups is 1. The van der Waals surface area contributed by atoms with E-state index in [1.165, 1.54) is 55.4 Å². The zero-order chi connectivity index (χ0) is 20.8. The van der Waals surface area contributed by atoms with Crippen LogP contribution in [0.1, 0.15) is 49.7 Å². The predicted molar refractivity (Wildman–Crippen MR) is 127 cm³/mol. The van der Waals surface area contributed by atoms with Crippen molar-refractivity contribution in [3.63, 3.8) is 0 Å². The molecular weight excluding hydrogens is 402 g/mol. The normalized spacial score (nSPS) is 29.0. The number of anilines is 1. The van der Waals surface area contributed by atoms with E-state index in [9.17, 15) is 5.11 Å². The van der Waals surface area contributed by atoms with Gasteiger partial charge in [-0.25, -0.2) is 4.98 Å². The first-order valence-electron chi connectivity index (χ1n) is 11.3. The summed E-state index contributed by atoms with van der Waals surface area (Å²) in [6.45, 7) is 0. The van der Waals surface area contributed by atoms with Gasteiger partial charge in [0.2, 0.25) is 5.13 Å². The molecule has 3 aromatic rings. The lowest BCUT2D eigenvalue weighted by Gasteiger charge is -2.57. The van der Waals surface area contributed by atoms with Gasteiger partial charge in [-0.1, -0.05) is 36.4 Å². The molecule has 4 bridgehead atoms. The van der Waals surface area contributed by atoms with Crippen LogP contribution in [-0.4, -0.2) is 16.3 Å². The predicted octanol–water partition coefficient (Wildman–Crippen LogP) is 6.43. The number of thiazole rings is 1.